The number of hydrazone groups is 1. The molecule has 1 aliphatic heterocycles. The Morgan fingerprint density at radius 2 is 2.20 bits per heavy atom. The number of nitrogens with one attached hydrogen (secondary N) is 1. The van der Waals surface area contributed by atoms with Crippen LogP contribution in [0.1, 0.15) is 0 Å². The Kier molecular flexibility index (Phi) is 2.79. The molecule has 0 fully saturated rings. The fourth-order valence-electron chi connectivity index (χ4n) is 1.25. The summed E-state index contributed by atoms with van der Waals surface area (Å²) in [5.41, 5.74) is 3.00. The first kappa shape index (κ1) is 10.3. The summed E-state index contributed by atoms with van der Waals surface area (Å²) in [5.74, 6) is -0.187. The number of benzene rings is 1. The lowest BCUT2D eigenvalue weighted by molar-refractivity contribution is -0.119. The first-order valence-electron chi connectivity index (χ1n) is 4.20. The Morgan fingerprint density at radius 1 is 1.40 bits per heavy atom. The van der Waals surface area contributed by atoms with Gasteiger partial charge in [0.05, 0.1) is 10.7 Å². The second-order valence-electron chi connectivity index (χ2n) is 3.00. The smallest absolute Gasteiger partial charge is 0.260 e. The topological polar surface area (TPSA) is 44.7 Å². The molecular weight excluding hydrogens is 237 g/mol. The van der Waals surface area contributed by atoms with E-state index < -0.39 is 0 Å². The lowest BCUT2D eigenvalue weighted by atomic mass is 10.3. The summed E-state index contributed by atoms with van der Waals surface area (Å²) in [7, 11) is 0. The number of hydrogen-bond acceptors (Lipinski definition) is 3. The van der Waals surface area contributed by atoms with Gasteiger partial charge in [-0.1, -0.05) is 23.2 Å². The Balaban J connectivity index is 2.36. The average Bonchev–Trinajstić information content (AvgIpc) is 2.22. The number of carbonyl (C=O) groups excluding carboxylic acids is 1. The highest BCUT2D eigenvalue weighted by atomic mass is 35.5. The van der Waals surface area contributed by atoms with Gasteiger partial charge in [-0.2, -0.15) is 5.10 Å². The van der Waals surface area contributed by atoms with Crippen molar-refractivity contribution in [2.45, 2.75) is 0 Å². The second-order valence-corrected chi connectivity index (χ2v) is 3.85. The van der Waals surface area contributed by atoms with E-state index in [9.17, 15) is 4.79 Å². The van der Waals surface area contributed by atoms with Gasteiger partial charge in [0.2, 0.25) is 0 Å². The molecule has 0 aromatic heterocycles. The van der Waals surface area contributed by atoms with E-state index in [-0.39, 0.29) is 12.5 Å². The minimum atomic E-state index is -0.187. The van der Waals surface area contributed by atoms with Gasteiger partial charge >= 0.3 is 0 Å². The quantitative estimate of drug-likeness (QED) is 0.819. The maximum Gasteiger partial charge on any atom is 0.260 e. The molecule has 0 saturated carbocycles. The van der Waals surface area contributed by atoms with Crippen LogP contribution in [0, 0.1) is 0 Å². The zero-order valence-electron chi connectivity index (χ0n) is 7.58. The minimum absolute atomic E-state index is 0.184. The zero-order valence-corrected chi connectivity index (χ0v) is 9.09. The Hall–Kier alpha value is -1.26. The van der Waals surface area contributed by atoms with Gasteiger partial charge in [-0.15, -0.1) is 0 Å². The molecule has 78 valence electrons. The summed E-state index contributed by atoms with van der Waals surface area (Å²) in [5, 5.41) is 4.78. The Morgan fingerprint density at radius 3 is 2.93 bits per heavy atom. The zero-order chi connectivity index (χ0) is 10.8. The molecule has 1 aromatic rings. The van der Waals surface area contributed by atoms with E-state index >= 15 is 0 Å². The van der Waals surface area contributed by atoms with Gasteiger partial charge in [-0.05, 0) is 18.2 Å². The summed E-state index contributed by atoms with van der Waals surface area (Å²) in [6.07, 6.45) is 1.50. The fourth-order valence-corrected chi connectivity index (χ4v) is 1.65. The van der Waals surface area contributed by atoms with Crippen molar-refractivity contribution < 1.29 is 4.79 Å². The summed E-state index contributed by atoms with van der Waals surface area (Å²) < 4.78 is 0. The molecule has 1 aliphatic rings. The van der Waals surface area contributed by atoms with Crippen molar-refractivity contribution >= 4 is 41.1 Å². The molecule has 1 heterocycles. The van der Waals surface area contributed by atoms with Crippen LogP contribution in [0.5, 0.6) is 0 Å². The standard InChI is InChI=1S/C9H7Cl2N3O/c10-6-1-2-7(11)8(3-6)14-4-9(15)13-12-5-14/h1-3,5H,4H2,(H,13,15). The highest BCUT2D eigenvalue weighted by Gasteiger charge is 2.16. The number of hydrogen-bond donors (Lipinski definition) is 1. The summed E-state index contributed by atoms with van der Waals surface area (Å²) in [6, 6.07) is 5.06. The summed E-state index contributed by atoms with van der Waals surface area (Å²) in [4.78, 5) is 12.7. The highest BCUT2D eigenvalue weighted by molar-refractivity contribution is 6.35. The minimum Gasteiger partial charge on any atom is -0.320 e. The number of amides is 1. The largest absolute Gasteiger partial charge is 0.320 e. The Bertz CT molecular complexity index is 433. The van der Waals surface area contributed by atoms with Gasteiger partial charge in [-0.3, -0.25) is 4.79 Å². The van der Waals surface area contributed by atoms with Gasteiger partial charge in [-0.25, -0.2) is 5.43 Å². The van der Waals surface area contributed by atoms with Crippen molar-refractivity contribution in [2.24, 2.45) is 5.10 Å². The van der Waals surface area contributed by atoms with Crippen molar-refractivity contribution in [1.82, 2.24) is 5.43 Å². The molecule has 0 aliphatic carbocycles. The van der Waals surface area contributed by atoms with Crippen LogP contribution in [0.25, 0.3) is 0 Å². The molecule has 0 radical (unpaired) electrons. The third kappa shape index (κ3) is 2.22. The monoisotopic (exact) mass is 243 g/mol. The van der Waals surface area contributed by atoms with Crippen LogP contribution in [-0.4, -0.2) is 18.8 Å². The van der Waals surface area contributed by atoms with Crippen LogP contribution in [-0.2, 0) is 4.79 Å². The predicted octanol–water partition coefficient (Wildman–Crippen LogP) is 1.87. The van der Waals surface area contributed by atoms with Gasteiger partial charge in [0.25, 0.3) is 5.91 Å². The van der Waals surface area contributed by atoms with E-state index in [1.807, 2.05) is 0 Å². The molecule has 6 heteroatoms. The molecule has 1 N–H and O–H groups in total. The van der Waals surface area contributed by atoms with E-state index in [1.54, 1.807) is 23.1 Å². The molecule has 4 nitrogen and oxygen atoms in total. The number of halogens is 2. The molecule has 15 heavy (non-hydrogen) atoms. The van der Waals surface area contributed by atoms with Crippen LogP contribution >= 0.6 is 23.2 Å². The normalized spacial score (nSPS) is 15.3. The predicted molar refractivity (Wildman–Crippen MR) is 60.4 cm³/mol. The third-order valence-corrected chi connectivity index (χ3v) is 2.47. The lowest BCUT2D eigenvalue weighted by Crippen LogP contribution is -2.39. The fraction of sp³-hybridized carbons (Fsp3) is 0.111. The van der Waals surface area contributed by atoms with Crippen molar-refractivity contribution in [3.05, 3.63) is 28.2 Å². The number of anilines is 1. The van der Waals surface area contributed by atoms with Crippen LogP contribution in [0.4, 0.5) is 5.69 Å². The second kappa shape index (κ2) is 4.08. The highest BCUT2D eigenvalue weighted by Crippen LogP contribution is 2.28. The SMILES string of the molecule is O=C1CN(c2cc(Cl)ccc2Cl)C=NN1. The van der Waals surface area contributed by atoms with Crippen LogP contribution < -0.4 is 10.3 Å². The summed E-state index contributed by atoms with van der Waals surface area (Å²) >= 11 is 11.8. The van der Waals surface area contributed by atoms with E-state index in [4.69, 9.17) is 23.2 Å². The molecular formula is C9H7Cl2N3O. The maximum atomic E-state index is 11.1. The van der Waals surface area contributed by atoms with Crippen molar-refractivity contribution in [1.29, 1.82) is 0 Å². The Labute approximate surface area is 96.5 Å². The van der Waals surface area contributed by atoms with Crippen molar-refractivity contribution in [2.75, 3.05) is 11.4 Å². The molecule has 0 unspecified atom stereocenters. The first-order valence-corrected chi connectivity index (χ1v) is 4.96. The molecule has 0 bridgehead atoms. The van der Waals surface area contributed by atoms with Crippen molar-refractivity contribution in [3.63, 3.8) is 0 Å². The van der Waals surface area contributed by atoms with E-state index in [1.165, 1.54) is 6.34 Å². The molecule has 0 spiro atoms. The maximum absolute atomic E-state index is 11.1. The van der Waals surface area contributed by atoms with Crippen molar-refractivity contribution in [3.8, 4) is 0 Å². The third-order valence-electron chi connectivity index (χ3n) is 1.92. The van der Waals surface area contributed by atoms with Gasteiger partial charge in [0.15, 0.2) is 0 Å². The molecule has 0 atom stereocenters. The van der Waals surface area contributed by atoms with E-state index in [2.05, 4.69) is 10.5 Å². The van der Waals surface area contributed by atoms with Crippen LogP contribution in [0.3, 0.4) is 0 Å². The number of carbonyl (C=O) groups is 1. The van der Waals surface area contributed by atoms with E-state index in [0.29, 0.717) is 15.7 Å². The summed E-state index contributed by atoms with van der Waals surface area (Å²) in [6.45, 7) is 0.184. The average molecular weight is 244 g/mol. The van der Waals surface area contributed by atoms with E-state index in [0.717, 1.165) is 0 Å². The number of rotatable bonds is 1. The van der Waals surface area contributed by atoms with Gasteiger partial charge < -0.3 is 4.90 Å². The molecule has 1 aromatic carbocycles. The van der Waals surface area contributed by atoms with Gasteiger partial charge in [0, 0.05) is 5.02 Å². The molecule has 0 saturated heterocycles. The lowest BCUT2D eigenvalue weighted by Gasteiger charge is -2.22. The molecule has 1 amide bonds. The molecule has 2 rings (SSSR count). The van der Waals surface area contributed by atoms with Crippen LogP contribution in [0.2, 0.25) is 10.0 Å². The number of nitrogens with zero attached hydrogens (tertiary/aromatic N) is 2. The first-order chi connectivity index (χ1) is 7.16. The van der Waals surface area contributed by atoms with Crippen LogP contribution in [0.15, 0.2) is 23.3 Å². The van der Waals surface area contributed by atoms with Gasteiger partial charge in [0.1, 0.15) is 12.9 Å².